The number of benzene rings is 3. The first-order chi connectivity index (χ1) is 15.5. The average Bonchev–Trinajstić information content (AvgIpc) is 3.06. The topological polar surface area (TPSA) is 46.6 Å². The Labute approximate surface area is 198 Å². The van der Waals surface area contributed by atoms with Gasteiger partial charge in [0.15, 0.2) is 0 Å². The molecule has 0 bridgehead atoms. The Bertz CT molecular complexity index is 1170. The fourth-order valence-electron chi connectivity index (χ4n) is 3.20. The third-order valence-electron chi connectivity index (χ3n) is 4.90. The van der Waals surface area contributed by atoms with Crippen molar-refractivity contribution in [1.29, 1.82) is 0 Å². The van der Waals surface area contributed by atoms with Crippen molar-refractivity contribution >= 4 is 44.9 Å². The molecule has 0 N–H and O–H groups in total. The van der Waals surface area contributed by atoms with Crippen LogP contribution in [-0.2, 0) is 17.8 Å². The lowest BCUT2D eigenvalue weighted by atomic mass is 10.1. The van der Waals surface area contributed by atoms with E-state index in [4.69, 9.17) is 4.74 Å². The largest absolute Gasteiger partial charge is 0.488 e. The van der Waals surface area contributed by atoms with Crippen LogP contribution < -0.4 is 4.74 Å². The van der Waals surface area contributed by atoms with Crippen LogP contribution in [0.25, 0.3) is 6.08 Å². The Hall–Kier alpha value is -2.90. The lowest BCUT2D eigenvalue weighted by Gasteiger charge is -2.12. The highest BCUT2D eigenvalue weighted by Crippen LogP contribution is 2.34. The van der Waals surface area contributed by atoms with E-state index in [-0.39, 0.29) is 17.0 Å². The number of rotatable bonds is 7. The molecule has 32 heavy (non-hydrogen) atoms. The molecule has 162 valence electrons. The Kier molecular flexibility index (Phi) is 7.07. The number of hydrogen-bond donors (Lipinski definition) is 0. The lowest BCUT2D eigenvalue weighted by molar-refractivity contribution is -0.122. The van der Waals surface area contributed by atoms with E-state index in [9.17, 15) is 14.0 Å². The predicted molar refractivity (Wildman–Crippen MR) is 128 cm³/mol. The van der Waals surface area contributed by atoms with Gasteiger partial charge < -0.3 is 4.74 Å². The number of nitrogens with zero attached hydrogens (tertiary/aromatic N) is 1. The van der Waals surface area contributed by atoms with E-state index in [2.05, 4.69) is 15.9 Å². The van der Waals surface area contributed by atoms with Crippen LogP contribution in [0.5, 0.6) is 5.75 Å². The van der Waals surface area contributed by atoms with Crippen LogP contribution in [-0.4, -0.2) is 22.6 Å². The van der Waals surface area contributed by atoms with Gasteiger partial charge in [-0.2, -0.15) is 0 Å². The molecule has 1 saturated heterocycles. The number of thioether (sulfide) groups is 1. The van der Waals surface area contributed by atoms with Crippen molar-refractivity contribution in [3.63, 3.8) is 0 Å². The van der Waals surface area contributed by atoms with E-state index in [1.807, 2.05) is 42.5 Å². The molecule has 1 aliphatic heterocycles. The number of carbonyl (C=O) groups excluding carboxylic acids is 2. The number of carbonyl (C=O) groups is 2. The third-order valence-corrected chi connectivity index (χ3v) is 6.43. The van der Waals surface area contributed by atoms with Crippen molar-refractivity contribution in [2.45, 2.75) is 13.0 Å². The van der Waals surface area contributed by atoms with Crippen LogP contribution in [0, 0.1) is 5.82 Å². The number of amides is 2. The molecule has 0 radical (unpaired) electrons. The molecule has 0 aromatic heterocycles. The van der Waals surface area contributed by atoms with E-state index in [0.29, 0.717) is 30.2 Å². The second-order valence-electron chi connectivity index (χ2n) is 7.17. The molecule has 2 amide bonds. The number of imide groups is 1. The summed E-state index contributed by atoms with van der Waals surface area (Å²) in [5.74, 6) is 0.0647. The molecule has 1 heterocycles. The highest BCUT2D eigenvalue weighted by molar-refractivity contribution is 9.10. The summed E-state index contributed by atoms with van der Waals surface area (Å²) >= 11 is 4.44. The molecule has 0 aliphatic carbocycles. The van der Waals surface area contributed by atoms with Crippen molar-refractivity contribution < 1.29 is 18.7 Å². The molecular weight excluding hydrogens is 493 g/mol. The summed E-state index contributed by atoms with van der Waals surface area (Å²) in [6, 6.07) is 21.3. The van der Waals surface area contributed by atoms with Gasteiger partial charge in [-0.15, -0.1) is 0 Å². The fourth-order valence-corrected chi connectivity index (χ4v) is 4.57. The first-order valence-corrected chi connectivity index (χ1v) is 11.6. The highest BCUT2D eigenvalue weighted by atomic mass is 79.9. The minimum Gasteiger partial charge on any atom is -0.488 e. The number of halogens is 2. The first-order valence-electron chi connectivity index (χ1n) is 9.96. The minimum absolute atomic E-state index is 0.254. The van der Waals surface area contributed by atoms with Gasteiger partial charge in [0.05, 0.1) is 9.38 Å². The van der Waals surface area contributed by atoms with E-state index in [0.717, 1.165) is 32.9 Å². The van der Waals surface area contributed by atoms with Crippen LogP contribution in [0.3, 0.4) is 0 Å². The van der Waals surface area contributed by atoms with Crippen molar-refractivity contribution in [1.82, 2.24) is 4.90 Å². The summed E-state index contributed by atoms with van der Waals surface area (Å²) in [7, 11) is 0. The Balaban J connectivity index is 1.40. The van der Waals surface area contributed by atoms with Crippen LogP contribution in [0.2, 0.25) is 0 Å². The molecule has 3 aromatic rings. The summed E-state index contributed by atoms with van der Waals surface area (Å²) in [5, 5.41) is -0.254. The third kappa shape index (κ3) is 5.47. The molecule has 1 aliphatic rings. The van der Waals surface area contributed by atoms with Crippen LogP contribution >= 0.6 is 27.7 Å². The highest BCUT2D eigenvalue weighted by Gasteiger charge is 2.34. The summed E-state index contributed by atoms with van der Waals surface area (Å²) in [6.07, 6.45) is 2.33. The molecule has 0 atom stereocenters. The van der Waals surface area contributed by atoms with Gasteiger partial charge in [-0.05, 0) is 81.1 Å². The molecule has 4 nitrogen and oxygen atoms in total. The lowest BCUT2D eigenvalue weighted by Crippen LogP contribution is -2.30. The zero-order valence-electron chi connectivity index (χ0n) is 17.0. The average molecular weight is 512 g/mol. The van der Waals surface area contributed by atoms with Gasteiger partial charge in [-0.1, -0.05) is 48.5 Å². The molecule has 1 fully saturated rings. The quantitative estimate of drug-likeness (QED) is 0.342. The molecule has 0 saturated carbocycles. The first kappa shape index (κ1) is 22.3. The normalized spacial score (nSPS) is 14.9. The summed E-state index contributed by atoms with van der Waals surface area (Å²) in [6.45, 7) is 0.657. The second-order valence-corrected chi connectivity index (χ2v) is 9.02. The maximum absolute atomic E-state index is 13.0. The van der Waals surface area contributed by atoms with Crippen molar-refractivity contribution in [2.24, 2.45) is 0 Å². The molecule has 0 spiro atoms. The number of hydrogen-bond acceptors (Lipinski definition) is 4. The van der Waals surface area contributed by atoms with E-state index in [1.54, 1.807) is 24.3 Å². The molecular formula is C25H19BrFNO3S. The van der Waals surface area contributed by atoms with Gasteiger partial charge >= 0.3 is 0 Å². The van der Waals surface area contributed by atoms with Gasteiger partial charge in [0.1, 0.15) is 18.2 Å². The maximum Gasteiger partial charge on any atom is 0.293 e. The monoisotopic (exact) mass is 511 g/mol. The molecule has 0 unspecified atom stereocenters. The van der Waals surface area contributed by atoms with Crippen LogP contribution in [0.15, 0.2) is 82.2 Å². The van der Waals surface area contributed by atoms with E-state index >= 15 is 0 Å². The van der Waals surface area contributed by atoms with Crippen molar-refractivity contribution in [3.05, 3.63) is 105 Å². The second kappa shape index (κ2) is 10.1. The zero-order valence-corrected chi connectivity index (χ0v) is 19.4. The fraction of sp³-hybridized carbons (Fsp3) is 0.120. The standard InChI is InChI=1S/C25H19BrFNO3S/c26-21-14-19(8-11-22(21)31-16-18-6-9-20(27)10-7-18)15-23-24(29)28(25(30)32-23)13-12-17-4-2-1-3-5-17/h1-11,14-15H,12-13,16H2/b23-15-. The molecule has 3 aromatic carbocycles. The Morgan fingerprint density at radius 1 is 0.969 bits per heavy atom. The van der Waals surface area contributed by atoms with Gasteiger partial charge in [0.2, 0.25) is 0 Å². The minimum atomic E-state index is -0.288. The SMILES string of the molecule is O=C1S/C(=C\c2ccc(OCc3ccc(F)cc3)c(Br)c2)C(=O)N1CCc1ccccc1. The van der Waals surface area contributed by atoms with Gasteiger partial charge in [-0.3, -0.25) is 14.5 Å². The molecule has 7 heteroatoms. The van der Waals surface area contributed by atoms with Crippen molar-refractivity contribution in [3.8, 4) is 5.75 Å². The van der Waals surface area contributed by atoms with Gasteiger partial charge in [0.25, 0.3) is 11.1 Å². The summed E-state index contributed by atoms with van der Waals surface area (Å²) in [5.41, 5.74) is 2.71. The predicted octanol–water partition coefficient (Wildman–Crippen LogP) is 6.45. The smallest absolute Gasteiger partial charge is 0.293 e. The Morgan fingerprint density at radius 3 is 2.44 bits per heavy atom. The number of ether oxygens (including phenoxy) is 1. The maximum atomic E-state index is 13.0. The summed E-state index contributed by atoms with van der Waals surface area (Å²) in [4.78, 5) is 26.8. The van der Waals surface area contributed by atoms with Gasteiger partial charge in [0, 0.05) is 6.54 Å². The van der Waals surface area contributed by atoms with E-state index < -0.39 is 0 Å². The van der Waals surface area contributed by atoms with Crippen LogP contribution in [0.4, 0.5) is 9.18 Å². The van der Waals surface area contributed by atoms with Crippen LogP contribution in [0.1, 0.15) is 16.7 Å². The van der Waals surface area contributed by atoms with Crippen molar-refractivity contribution in [2.75, 3.05) is 6.54 Å². The zero-order chi connectivity index (χ0) is 22.5. The van der Waals surface area contributed by atoms with E-state index in [1.165, 1.54) is 17.0 Å². The molecule has 4 rings (SSSR count). The Morgan fingerprint density at radius 2 is 1.72 bits per heavy atom. The van der Waals surface area contributed by atoms with Gasteiger partial charge in [-0.25, -0.2) is 4.39 Å². The summed E-state index contributed by atoms with van der Waals surface area (Å²) < 4.78 is 19.5.